The van der Waals surface area contributed by atoms with Gasteiger partial charge in [0.15, 0.2) is 0 Å². The van der Waals surface area contributed by atoms with Crippen LogP contribution in [0.3, 0.4) is 0 Å². The molecular formula is C23H31N3O2. The van der Waals surface area contributed by atoms with Crippen LogP contribution < -0.4 is 15.1 Å². The maximum absolute atomic E-state index is 13.1. The van der Waals surface area contributed by atoms with E-state index in [2.05, 4.69) is 5.32 Å². The fraction of sp³-hybridized carbons (Fsp3) is 0.391. The Hall–Kier alpha value is -2.82. The molecule has 0 atom stereocenters. The molecule has 0 unspecified atom stereocenters. The molecule has 5 nitrogen and oxygen atoms in total. The zero-order valence-corrected chi connectivity index (χ0v) is 17.3. The average molecular weight is 382 g/mol. The van der Waals surface area contributed by atoms with Crippen LogP contribution in [0.25, 0.3) is 0 Å². The first-order valence-electron chi connectivity index (χ1n) is 9.79. The van der Waals surface area contributed by atoms with Gasteiger partial charge in [-0.15, -0.1) is 0 Å². The highest BCUT2D eigenvalue weighted by molar-refractivity contribution is 6.06. The zero-order chi connectivity index (χ0) is 20.5. The predicted molar refractivity (Wildman–Crippen MR) is 116 cm³/mol. The predicted octanol–water partition coefficient (Wildman–Crippen LogP) is 3.95. The van der Waals surface area contributed by atoms with E-state index in [1.54, 1.807) is 4.90 Å². The van der Waals surface area contributed by atoms with Gasteiger partial charge in [-0.2, -0.15) is 0 Å². The molecule has 0 radical (unpaired) electrons. The zero-order valence-electron chi connectivity index (χ0n) is 17.3. The van der Waals surface area contributed by atoms with E-state index in [0.29, 0.717) is 37.4 Å². The summed E-state index contributed by atoms with van der Waals surface area (Å²) < 4.78 is 0. The van der Waals surface area contributed by atoms with Crippen LogP contribution in [0.2, 0.25) is 0 Å². The van der Waals surface area contributed by atoms with Gasteiger partial charge in [0.05, 0.1) is 0 Å². The second-order valence-electron chi connectivity index (χ2n) is 7.54. The molecule has 150 valence electrons. The van der Waals surface area contributed by atoms with Crippen molar-refractivity contribution in [3.8, 4) is 0 Å². The van der Waals surface area contributed by atoms with E-state index in [9.17, 15) is 9.59 Å². The highest BCUT2D eigenvalue weighted by atomic mass is 16.2. The summed E-state index contributed by atoms with van der Waals surface area (Å²) in [5.74, 6) is 0.365. The van der Waals surface area contributed by atoms with Crippen molar-refractivity contribution in [2.75, 3.05) is 37.0 Å². The van der Waals surface area contributed by atoms with E-state index < -0.39 is 0 Å². The summed E-state index contributed by atoms with van der Waals surface area (Å²) in [6, 6.07) is 17.2. The van der Waals surface area contributed by atoms with Gasteiger partial charge in [-0.1, -0.05) is 32.0 Å². The number of anilines is 2. The summed E-state index contributed by atoms with van der Waals surface area (Å²) in [5.41, 5.74) is 2.59. The van der Waals surface area contributed by atoms with Gasteiger partial charge >= 0.3 is 0 Å². The van der Waals surface area contributed by atoms with Crippen molar-refractivity contribution >= 4 is 23.2 Å². The van der Waals surface area contributed by atoms with Crippen LogP contribution in [0, 0.1) is 5.92 Å². The molecule has 5 heteroatoms. The molecule has 0 aliphatic heterocycles. The van der Waals surface area contributed by atoms with Crippen molar-refractivity contribution in [1.29, 1.82) is 0 Å². The summed E-state index contributed by atoms with van der Waals surface area (Å²) >= 11 is 0. The van der Waals surface area contributed by atoms with Crippen molar-refractivity contribution in [3.05, 3.63) is 60.2 Å². The molecule has 0 spiro atoms. The Kier molecular flexibility index (Phi) is 8.05. The molecule has 0 aliphatic rings. The molecule has 0 aliphatic carbocycles. The standard InChI is InChI=1S/C23H31N3O2/c1-18(2)17-22(27)24-15-8-16-26(23(28)19-9-6-5-7-10-19)21-13-11-20(12-14-21)25(3)4/h5-7,9-14,18H,8,15-17H2,1-4H3,(H,24,27). The van der Waals surface area contributed by atoms with Crippen LogP contribution in [0.5, 0.6) is 0 Å². The molecule has 0 bridgehead atoms. The Labute approximate surface area is 168 Å². The summed E-state index contributed by atoms with van der Waals surface area (Å²) in [6.07, 6.45) is 1.22. The third-order valence-corrected chi connectivity index (χ3v) is 4.42. The van der Waals surface area contributed by atoms with E-state index in [1.807, 2.05) is 87.4 Å². The lowest BCUT2D eigenvalue weighted by Gasteiger charge is -2.24. The minimum absolute atomic E-state index is 0.0355. The fourth-order valence-electron chi connectivity index (χ4n) is 2.92. The Morgan fingerprint density at radius 1 is 0.929 bits per heavy atom. The first-order valence-corrected chi connectivity index (χ1v) is 9.79. The number of hydrogen-bond donors (Lipinski definition) is 1. The van der Waals surface area contributed by atoms with Crippen LogP contribution in [0.4, 0.5) is 11.4 Å². The lowest BCUT2D eigenvalue weighted by Crippen LogP contribution is -2.34. The van der Waals surface area contributed by atoms with Crippen LogP contribution in [0.15, 0.2) is 54.6 Å². The van der Waals surface area contributed by atoms with Gasteiger partial charge in [0.25, 0.3) is 5.91 Å². The molecule has 28 heavy (non-hydrogen) atoms. The molecule has 0 saturated carbocycles. The van der Waals surface area contributed by atoms with E-state index in [1.165, 1.54) is 0 Å². The maximum atomic E-state index is 13.1. The number of hydrogen-bond acceptors (Lipinski definition) is 3. The van der Waals surface area contributed by atoms with Gasteiger partial charge in [0.2, 0.25) is 5.91 Å². The Morgan fingerprint density at radius 2 is 1.54 bits per heavy atom. The quantitative estimate of drug-likeness (QED) is 0.669. The minimum atomic E-state index is -0.0355. The molecule has 2 aromatic rings. The minimum Gasteiger partial charge on any atom is -0.378 e. The number of benzene rings is 2. The molecule has 1 N–H and O–H groups in total. The van der Waals surface area contributed by atoms with Gasteiger partial charge in [-0.3, -0.25) is 9.59 Å². The van der Waals surface area contributed by atoms with Gasteiger partial charge in [0, 0.05) is 50.5 Å². The van der Waals surface area contributed by atoms with E-state index in [0.717, 1.165) is 11.4 Å². The molecule has 2 aromatic carbocycles. The largest absolute Gasteiger partial charge is 0.378 e. The Morgan fingerprint density at radius 3 is 2.11 bits per heavy atom. The summed E-state index contributed by atoms with van der Waals surface area (Å²) in [6.45, 7) is 5.14. The summed E-state index contributed by atoms with van der Waals surface area (Å²) in [5, 5.41) is 2.94. The third kappa shape index (κ3) is 6.41. The summed E-state index contributed by atoms with van der Waals surface area (Å²) in [7, 11) is 3.98. The highest BCUT2D eigenvalue weighted by Gasteiger charge is 2.17. The number of carbonyl (C=O) groups excluding carboxylic acids is 2. The van der Waals surface area contributed by atoms with Gasteiger partial charge in [0.1, 0.15) is 0 Å². The van der Waals surface area contributed by atoms with Crippen molar-refractivity contribution in [1.82, 2.24) is 5.32 Å². The Bertz CT molecular complexity index is 755. The van der Waals surface area contributed by atoms with Crippen molar-refractivity contribution in [3.63, 3.8) is 0 Å². The van der Waals surface area contributed by atoms with Crippen LogP contribution >= 0.6 is 0 Å². The molecular weight excluding hydrogens is 350 g/mol. The van der Waals surface area contributed by atoms with Crippen LogP contribution in [0.1, 0.15) is 37.0 Å². The highest BCUT2D eigenvalue weighted by Crippen LogP contribution is 2.21. The van der Waals surface area contributed by atoms with Gasteiger partial charge in [-0.05, 0) is 48.7 Å². The lowest BCUT2D eigenvalue weighted by atomic mass is 10.1. The average Bonchev–Trinajstić information content (AvgIpc) is 2.68. The molecule has 0 heterocycles. The number of rotatable bonds is 9. The molecule has 0 aromatic heterocycles. The topological polar surface area (TPSA) is 52.7 Å². The first-order chi connectivity index (χ1) is 13.4. The van der Waals surface area contributed by atoms with Gasteiger partial charge in [-0.25, -0.2) is 0 Å². The number of nitrogens with zero attached hydrogens (tertiary/aromatic N) is 2. The monoisotopic (exact) mass is 381 g/mol. The van der Waals surface area contributed by atoms with Crippen molar-refractivity contribution < 1.29 is 9.59 Å². The number of amides is 2. The second-order valence-corrected chi connectivity index (χ2v) is 7.54. The number of nitrogens with one attached hydrogen (secondary N) is 1. The number of carbonyl (C=O) groups is 2. The van der Waals surface area contributed by atoms with Crippen LogP contribution in [-0.4, -0.2) is 39.0 Å². The lowest BCUT2D eigenvalue weighted by molar-refractivity contribution is -0.121. The van der Waals surface area contributed by atoms with Crippen molar-refractivity contribution in [2.45, 2.75) is 26.7 Å². The molecule has 2 amide bonds. The second kappa shape index (κ2) is 10.5. The SMILES string of the molecule is CC(C)CC(=O)NCCCN(C(=O)c1ccccc1)c1ccc(N(C)C)cc1. The smallest absolute Gasteiger partial charge is 0.258 e. The molecule has 2 rings (SSSR count). The first kappa shape index (κ1) is 21.5. The Balaban J connectivity index is 2.08. The molecule has 0 saturated heterocycles. The van der Waals surface area contributed by atoms with E-state index in [-0.39, 0.29) is 11.8 Å². The third-order valence-electron chi connectivity index (χ3n) is 4.42. The normalized spacial score (nSPS) is 10.6. The van der Waals surface area contributed by atoms with Crippen LogP contribution in [-0.2, 0) is 4.79 Å². The van der Waals surface area contributed by atoms with E-state index >= 15 is 0 Å². The molecule has 0 fully saturated rings. The van der Waals surface area contributed by atoms with Gasteiger partial charge < -0.3 is 15.1 Å². The fourth-order valence-corrected chi connectivity index (χ4v) is 2.92. The summed E-state index contributed by atoms with van der Waals surface area (Å²) in [4.78, 5) is 28.7. The van der Waals surface area contributed by atoms with Crippen molar-refractivity contribution in [2.24, 2.45) is 5.92 Å². The maximum Gasteiger partial charge on any atom is 0.258 e. The van der Waals surface area contributed by atoms with E-state index in [4.69, 9.17) is 0 Å².